The molecule has 8 nitrogen and oxygen atoms in total. The Balaban J connectivity index is 1.49. The minimum Gasteiger partial charge on any atom is -0.398 e. The predicted molar refractivity (Wildman–Crippen MR) is 136 cm³/mol. The lowest BCUT2D eigenvalue weighted by atomic mass is 10.1. The van der Waals surface area contributed by atoms with Gasteiger partial charge in [0.05, 0.1) is 17.7 Å². The quantitative estimate of drug-likeness (QED) is 0.281. The van der Waals surface area contributed by atoms with Gasteiger partial charge in [0.2, 0.25) is 5.91 Å². The first kappa shape index (κ1) is 27.2. The predicted octanol–water partition coefficient (Wildman–Crippen LogP) is 2.63. The Bertz CT molecular complexity index is 1140. The van der Waals surface area contributed by atoms with Gasteiger partial charge in [-0.1, -0.05) is 12.1 Å². The van der Waals surface area contributed by atoms with E-state index in [-0.39, 0.29) is 23.8 Å². The number of amides is 2. The van der Waals surface area contributed by atoms with Gasteiger partial charge in [-0.25, -0.2) is 0 Å². The van der Waals surface area contributed by atoms with E-state index in [1.165, 1.54) is 0 Å². The van der Waals surface area contributed by atoms with Gasteiger partial charge in [-0.05, 0) is 61.0 Å². The van der Waals surface area contributed by atoms with E-state index in [4.69, 9.17) is 18.0 Å². The van der Waals surface area contributed by atoms with Gasteiger partial charge in [-0.15, -0.1) is 0 Å². The maximum atomic E-state index is 12.9. The zero-order valence-corrected chi connectivity index (χ0v) is 20.8. The first-order valence-corrected chi connectivity index (χ1v) is 11.7. The number of thiocarbonyl (C=S) groups is 1. The SMILES string of the molecule is CNC(=S)Nc1cc(CN2CCC(NC(=O)CNC(=O)c3cc(C(F)(F)F)ccc3N)C2)ccc1C. The molecular weight excluding hydrogens is 493 g/mol. The van der Waals surface area contributed by atoms with Crippen LogP contribution in [0.25, 0.3) is 0 Å². The molecule has 1 heterocycles. The first-order chi connectivity index (χ1) is 17.0. The van der Waals surface area contributed by atoms with Gasteiger partial charge >= 0.3 is 6.18 Å². The Hall–Kier alpha value is -3.38. The van der Waals surface area contributed by atoms with Crippen LogP contribution in [-0.4, -0.2) is 54.6 Å². The standard InChI is InChI=1S/C24H29F3N6O2S/c1-14-3-4-15(9-20(14)32-23(36)29-2)12-33-8-7-17(13-33)31-21(34)11-30-22(35)18-10-16(24(25,26)27)5-6-19(18)28/h3-6,9-10,17H,7-8,11-13,28H2,1-2H3,(H,30,35)(H,31,34)(H2,29,32,36). The monoisotopic (exact) mass is 522 g/mol. The summed E-state index contributed by atoms with van der Waals surface area (Å²) < 4.78 is 38.8. The Morgan fingerprint density at radius 1 is 1.19 bits per heavy atom. The number of alkyl halides is 3. The van der Waals surface area contributed by atoms with Crippen molar-refractivity contribution in [1.29, 1.82) is 0 Å². The van der Waals surface area contributed by atoms with Crippen LogP contribution in [0.3, 0.4) is 0 Å². The minimum absolute atomic E-state index is 0.102. The summed E-state index contributed by atoms with van der Waals surface area (Å²) in [5.41, 5.74) is 7.32. The summed E-state index contributed by atoms with van der Waals surface area (Å²) in [6.07, 6.45) is -3.87. The molecule has 36 heavy (non-hydrogen) atoms. The number of aryl methyl sites for hydroxylation is 1. The summed E-state index contributed by atoms with van der Waals surface area (Å²) in [5, 5.41) is 11.8. The third-order valence-electron chi connectivity index (χ3n) is 5.86. The number of hydrogen-bond donors (Lipinski definition) is 5. The number of carbonyl (C=O) groups excluding carboxylic acids is 2. The van der Waals surface area contributed by atoms with E-state index in [0.717, 1.165) is 41.9 Å². The molecule has 1 unspecified atom stereocenters. The Morgan fingerprint density at radius 3 is 2.64 bits per heavy atom. The van der Waals surface area contributed by atoms with E-state index >= 15 is 0 Å². The molecule has 1 aliphatic rings. The van der Waals surface area contributed by atoms with Crippen molar-refractivity contribution >= 4 is 40.5 Å². The van der Waals surface area contributed by atoms with E-state index in [0.29, 0.717) is 24.3 Å². The fraction of sp³-hybridized carbons (Fsp3) is 0.375. The van der Waals surface area contributed by atoms with Gasteiger partial charge < -0.3 is 27.0 Å². The Kier molecular flexibility index (Phi) is 8.75. The number of rotatable bonds is 7. The highest BCUT2D eigenvalue weighted by Crippen LogP contribution is 2.31. The largest absolute Gasteiger partial charge is 0.416 e. The molecule has 2 aromatic rings. The molecule has 1 fully saturated rings. The lowest BCUT2D eigenvalue weighted by Crippen LogP contribution is -2.43. The number of likely N-dealkylation sites (tertiary alicyclic amines) is 1. The van der Waals surface area contributed by atoms with Gasteiger partial charge in [0, 0.05) is 44.1 Å². The van der Waals surface area contributed by atoms with Crippen LogP contribution < -0.4 is 27.0 Å². The number of nitrogens with one attached hydrogen (secondary N) is 4. The zero-order valence-electron chi connectivity index (χ0n) is 20.0. The van der Waals surface area contributed by atoms with Gasteiger partial charge in [0.15, 0.2) is 5.11 Å². The van der Waals surface area contributed by atoms with Crippen molar-refractivity contribution in [3.05, 3.63) is 58.7 Å². The molecule has 2 aromatic carbocycles. The van der Waals surface area contributed by atoms with Crippen molar-refractivity contribution in [2.75, 3.05) is 37.7 Å². The molecule has 194 valence electrons. The molecule has 0 aromatic heterocycles. The number of benzene rings is 2. The van der Waals surface area contributed by atoms with Crippen LogP contribution in [-0.2, 0) is 17.5 Å². The molecule has 0 radical (unpaired) electrons. The molecule has 12 heteroatoms. The number of carbonyl (C=O) groups is 2. The molecule has 2 amide bonds. The van der Waals surface area contributed by atoms with Crippen LogP contribution in [0.4, 0.5) is 24.5 Å². The summed E-state index contributed by atoms with van der Waals surface area (Å²) >= 11 is 5.18. The van der Waals surface area contributed by atoms with E-state index in [9.17, 15) is 22.8 Å². The van der Waals surface area contributed by atoms with Crippen LogP contribution in [0.2, 0.25) is 0 Å². The van der Waals surface area contributed by atoms with E-state index in [2.05, 4.69) is 26.2 Å². The average Bonchev–Trinajstić information content (AvgIpc) is 3.25. The lowest BCUT2D eigenvalue weighted by molar-refractivity contribution is -0.137. The highest BCUT2D eigenvalue weighted by Gasteiger charge is 2.31. The molecule has 0 saturated carbocycles. The molecule has 1 atom stereocenters. The lowest BCUT2D eigenvalue weighted by Gasteiger charge is -2.18. The highest BCUT2D eigenvalue weighted by molar-refractivity contribution is 7.80. The van der Waals surface area contributed by atoms with Gasteiger partial charge in [0.25, 0.3) is 5.91 Å². The Labute approximate surface area is 212 Å². The number of nitrogens with two attached hydrogens (primary N) is 1. The van der Waals surface area contributed by atoms with Crippen molar-refractivity contribution in [3.8, 4) is 0 Å². The summed E-state index contributed by atoms with van der Waals surface area (Å²) in [6.45, 7) is 3.73. The van der Waals surface area contributed by atoms with Crippen molar-refractivity contribution in [3.63, 3.8) is 0 Å². The summed E-state index contributed by atoms with van der Waals surface area (Å²) in [5.74, 6) is -1.27. The van der Waals surface area contributed by atoms with Gasteiger partial charge in [-0.3, -0.25) is 14.5 Å². The molecule has 0 bridgehead atoms. The Morgan fingerprint density at radius 2 is 1.94 bits per heavy atom. The van der Waals surface area contributed by atoms with Crippen LogP contribution in [0.1, 0.15) is 33.5 Å². The maximum Gasteiger partial charge on any atom is 0.416 e. The topological polar surface area (TPSA) is 112 Å². The highest BCUT2D eigenvalue weighted by atomic mass is 32.1. The van der Waals surface area contributed by atoms with Gasteiger partial charge in [-0.2, -0.15) is 13.2 Å². The first-order valence-electron chi connectivity index (χ1n) is 11.3. The fourth-order valence-electron chi connectivity index (χ4n) is 3.90. The van der Waals surface area contributed by atoms with E-state index in [1.54, 1.807) is 7.05 Å². The number of anilines is 2. The second-order valence-corrected chi connectivity index (χ2v) is 9.03. The summed E-state index contributed by atoms with van der Waals surface area (Å²) in [6, 6.07) is 8.50. The van der Waals surface area contributed by atoms with Crippen molar-refractivity contribution in [1.82, 2.24) is 20.9 Å². The summed E-state index contributed by atoms with van der Waals surface area (Å²) in [4.78, 5) is 26.9. The van der Waals surface area contributed by atoms with Gasteiger partial charge in [0.1, 0.15) is 0 Å². The molecule has 0 spiro atoms. The number of halogens is 3. The van der Waals surface area contributed by atoms with E-state index in [1.807, 2.05) is 25.1 Å². The molecule has 1 saturated heterocycles. The normalized spacial score (nSPS) is 15.9. The fourth-order valence-corrected chi connectivity index (χ4v) is 4.01. The molecule has 6 N–H and O–H groups in total. The smallest absolute Gasteiger partial charge is 0.398 e. The molecular formula is C24H29F3N6O2S. The second-order valence-electron chi connectivity index (χ2n) is 8.62. The maximum absolute atomic E-state index is 12.9. The second kappa shape index (κ2) is 11.6. The van der Waals surface area contributed by atoms with E-state index < -0.39 is 23.6 Å². The zero-order chi connectivity index (χ0) is 26.5. The third-order valence-corrected chi connectivity index (χ3v) is 6.16. The molecule has 0 aliphatic carbocycles. The van der Waals surface area contributed by atoms with Crippen LogP contribution in [0, 0.1) is 6.92 Å². The van der Waals surface area contributed by atoms with Crippen LogP contribution >= 0.6 is 12.2 Å². The number of nitrogens with zero attached hydrogens (tertiary/aromatic N) is 1. The number of nitrogen functional groups attached to an aromatic ring is 1. The molecule has 1 aliphatic heterocycles. The van der Waals surface area contributed by atoms with Crippen molar-refractivity contribution < 1.29 is 22.8 Å². The third kappa shape index (κ3) is 7.31. The number of hydrogen-bond acceptors (Lipinski definition) is 5. The van der Waals surface area contributed by atoms with Crippen LogP contribution in [0.5, 0.6) is 0 Å². The van der Waals surface area contributed by atoms with Crippen LogP contribution in [0.15, 0.2) is 36.4 Å². The van der Waals surface area contributed by atoms with Crippen molar-refractivity contribution in [2.45, 2.75) is 32.1 Å². The van der Waals surface area contributed by atoms with Crippen molar-refractivity contribution in [2.24, 2.45) is 0 Å². The summed E-state index contributed by atoms with van der Waals surface area (Å²) in [7, 11) is 1.75. The molecule has 3 rings (SSSR count). The average molecular weight is 523 g/mol. The minimum atomic E-state index is -4.61.